The Balaban J connectivity index is 1.10. The van der Waals surface area contributed by atoms with Gasteiger partial charge in [-0.25, -0.2) is 9.97 Å². The first-order valence-electron chi connectivity index (χ1n) is 17.7. The molecule has 9 aromatic rings. The summed E-state index contributed by atoms with van der Waals surface area (Å²) in [5, 5.41) is 3.40. The highest BCUT2D eigenvalue weighted by atomic mass is 16.5. The van der Waals surface area contributed by atoms with Gasteiger partial charge in [-0.3, -0.25) is 0 Å². The summed E-state index contributed by atoms with van der Waals surface area (Å²) in [5.41, 5.74) is 13.0. The minimum absolute atomic E-state index is 0.514. The van der Waals surface area contributed by atoms with Crippen molar-refractivity contribution in [1.82, 2.24) is 9.97 Å². The van der Waals surface area contributed by atoms with E-state index in [0.29, 0.717) is 5.82 Å². The van der Waals surface area contributed by atoms with Crippen molar-refractivity contribution in [3.05, 3.63) is 204 Å². The number of hydrogen-bond donors (Lipinski definition) is 0. The molecule has 1 aliphatic carbocycles. The van der Waals surface area contributed by atoms with Crippen LogP contribution in [-0.4, -0.2) is 9.97 Å². The first-order valence-corrected chi connectivity index (χ1v) is 17.7. The Morgan fingerprint density at radius 1 is 0.385 bits per heavy atom. The number of nitrogens with zero attached hydrogens (tertiary/aromatic N) is 2. The second-order valence-electron chi connectivity index (χ2n) is 13.7. The summed E-state index contributed by atoms with van der Waals surface area (Å²) in [6.07, 6.45) is 0. The zero-order valence-electron chi connectivity index (χ0n) is 28.1. The number of aromatic nitrogens is 2. The van der Waals surface area contributed by atoms with Crippen LogP contribution in [0.2, 0.25) is 0 Å². The summed E-state index contributed by atoms with van der Waals surface area (Å²) in [5.74, 6) is 2.48. The Morgan fingerprint density at radius 2 is 0.981 bits per heavy atom. The molecule has 2 heterocycles. The highest BCUT2D eigenvalue weighted by molar-refractivity contribution is 6.03. The fraction of sp³-hybridized carbons (Fsp3) is 0.0204. The van der Waals surface area contributed by atoms with Gasteiger partial charge >= 0.3 is 0 Å². The van der Waals surface area contributed by atoms with Crippen LogP contribution >= 0.6 is 0 Å². The summed E-state index contributed by atoms with van der Waals surface area (Å²) in [4.78, 5) is 10.4. The van der Waals surface area contributed by atoms with E-state index in [-0.39, 0.29) is 0 Å². The molecule has 3 nitrogen and oxygen atoms in total. The normalized spacial score (nSPS) is 13.3. The molecule has 1 spiro atoms. The Morgan fingerprint density at radius 3 is 1.83 bits per heavy atom. The van der Waals surface area contributed by atoms with Crippen molar-refractivity contribution in [2.45, 2.75) is 5.41 Å². The maximum atomic E-state index is 6.68. The summed E-state index contributed by atoms with van der Waals surface area (Å²) in [6, 6.07) is 64.7. The van der Waals surface area contributed by atoms with E-state index in [1.807, 2.05) is 6.07 Å². The van der Waals surface area contributed by atoms with E-state index in [2.05, 4.69) is 176 Å². The van der Waals surface area contributed by atoms with Gasteiger partial charge in [0.1, 0.15) is 11.5 Å². The van der Waals surface area contributed by atoms with E-state index in [4.69, 9.17) is 14.7 Å². The van der Waals surface area contributed by atoms with Crippen molar-refractivity contribution in [2.75, 3.05) is 0 Å². The van der Waals surface area contributed by atoms with E-state index in [9.17, 15) is 0 Å². The van der Waals surface area contributed by atoms with Gasteiger partial charge in [-0.2, -0.15) is 0 Å². The Kier molecular flexibility index (Phi) is 6.17. The molecular formula is C49H30N2O. The third-order valence-electron chi connectivity index (χ3n) is 10.9. The van der Waals surface area contributed by atoms with Crippen LogP contribution in [0.1, 0.15) is 22.3 Å². The molecule has 1 aliphatic heterocycles. The van der Waals surface area contributed by atoms with Crippen LogP contribution in [-0.2, 0) is 5.41 Å². The summed E-state index contributed by atoms with van der Waals surface area (Å²) >= 11 is 0. The lowest BCUT2D eigenvalue weighted by Crippen LogP contribution is -2.32. The van der Waals surface area contributed by atoms with E-state index < -0.39 is 5.41 Å². The first-order chi connectivity index (χ1) is 25.8. The van der Waals surface area contributed by atoms with Gasteiger partial charge in [0.2, 0.25) is 0 Å². The predicted octanol–water partition coefficient (Wildman–Crippen LogP) is 12.3. The van der Waals surface area contributed by atoms with Gasteiger partial charge in [0.05, 0.1) is 16.6 Å². The molecule has 0 saturated heterocycles. The molecule has 0 N–H and O–H groups in total. The van der Waals surface area contributed by atoms with E-state index in [1.54, 1.807) is 0 Å². The van der Waals surface area contributed by atoms with Crippen LogP contribution < -0.4 is 4.74 Å². The molecule has 8 aromatic carbocycles. The van der Waals surface area contributed by atoms with Gasteiger partial charge in [0, 0.05) is 27.6 Å². The number of fused-ring (bicyclic) bond motifs is 11. The highest BCUT2D eigenvalue weighted by Crippen LogP contribution is 2.62. The van der Waals surface area contributed by atoms with Crippen LogP contribution in [0.3, 0.4) is 0 Å². The average molecular weight is 663 g/mol. The molecule has 0 fully saturated rings. The van der Waals surface area contributed by atoms with Crippen molar-refractivity contribution in [3.8, 4) is 56.4 Å². The molecule has 2 aliphatic rings. The van der Waals surface area contributed by atoms with Gasteiger partial charge in [0.15, 0.2) is 5.82 Å². The highest BCUT2D eigenvalue weighted by Gasteiger charge is 2.51. The number of rotatable bonds is 3. The van der Waals surface area contributed by atoms with Crippen molar-refractivity contribution in [2.24, 2.45) is 0 Å². The molecule has 1 aromatic heterocycles. The third kappa shape index (κ3) is 4.08. The van der Waals surface area contributed by atoms with Gasteiger partial charge in [-0.1, -0.05) is 152 Å². The molecule has 0 atom stereocenters. The second kappa shape index (κ2) is 11.1. The standard InChI is InChI=1S/C49H30N2O/c1-2-17-35-31(13-1)14-12-21-38(35)47-39-20-5-9-25-44(39)50-48(51-47)34-16-11-15-32(29-34)33-27-28-46-43(30-33)49(42-24-8-10-26-45(42)52-46)40-22-6-3-18-36(40)37-19-4-7-23-41(37)49/h1-30H. The minimum atomic E-state index is -0.514. The SMILES string of the molecule is c1cc(-c2ccc3c(c2)C2(c4ccccc4O3)c3ccccc3-c3ccccc32)cc(-c2nc(-c3cccc4ccccc34)c3ccccc3n2)c1. The topological polar surface area (TPSA) is 35.0 Å². The van der Waals surface area contributed by atoms with Crippen LogP contribution in [0.25, 0.3) is 66.6 Å². The fourth-order valence-corrected chi connectivity index (χ4v) is 8.72. The van der Waals surface area contributed by atoms with Crippen molar-refractivity contribution >= 4 is 21.7 Å². The molecule has 0 amide bonds. The molecule has 0 unspecified atom stereocenters. The number of ether oxygens (including phenoxy) is 1. The molecule has 0 bridgehead atoms. The molecule has 0 radical (unpaired) electrons. The molecule has 242 valence electrons. The van der Waals surface area contributed by atoms with Gasteiger partial charge in [-0.15, -0.1) is 0 Å². The van der Waals surface area contributed by atoms with Gasteiger partial charge < -0.3 is 4.74 Å². The summed E-state index contributed by atoms with van der Waals surface area (Å²) in [6.45, 7) is 0. The lowest BCUT2D eigenvalue weighted by atomic mass is 9.66. The smallest absolute Gasteiger partial charge is 0.160 e. The molecular weight excluding hydrogens is 633 g/mol. The lowest BCUT2D eigenvalue weighted by Gasteiger charge is -2.39. The Bertz CT molecular complexity index is 2860. The molecule has 3 heteroatoms. The van der Waals surface area contributed by atoms with Crippen LogP contribution in [0.4, 0.5) is 0 Å². The number of hydrogen-bond acceptors (Lipinski definition) is 3. The fourth-order valence-electron chi connectivity index (χ4n) is 8.72. The Labute approximate surface area is 301 Å². The van der Waals surface area contributed by atoms with Crippen LogP contribution in [0.15, 0.2) is 182 Å². The van der Waals surface area contributed by atoms with E-state index >= 15 is 0 Å². The molecule has 52 heavy (non-hydrogen) atoms. The van der Waals surface area contributed by atoms with Crippen LogP contribution in [0.5, 0.6) is 11.5 Å². The van der Waals surface area contributed by atoms with Gasteiger partial charge in [0.25, 0.3) is 0 Å². The lowest BCUT2D eigenvalue weighted by molar-refractivity contribution is 0.436. The van der Waals surface area contributed by atoms with Crippen molar-refractivity contribution in [3.63, 3.8) is 0 Å². The van der Waals surface area contributed by atoms with Gasteiger partial charge in [-0.05, 0) is 74.5 Å². The Hall–Kier alpha value is -6.84. The maximum absolute atomic E-state index is 6.68. The van der Waals surface area contributed by atoms with Crippen molar-refractivity contribution < 1.29 is 4.74 Å². The third-order valence-corrected chi connectivity index (χ3v) is 10.9. The minimum Gasteiger partial charge on any atom is -0.457 e. The summed E-state index contributed by atoms with van der Waals surface area (Å²) in [7, 11) is 0. The van der Waals surface area contributed by atoms with E-state index in [0.717, 1.165) is 61.5 Å². The average Bonchev–Trinajstić information content (AvgIpc) is 3.51. The van der Waals surface area contributed by atoms with Crippen molar-refractivity contribution in [1.29, 1.82) is 0 Å². The molecule has 0 saturated carbocycles. The first kappa shape index (κ1) is 28.9. The number of benzene rings is 8. The zero-order chi connectivity index (χ0) is 34.2. The molecule has 11 rings (SSSR count). The second-order valence-corrected chi connectivity index (χ2v) is 13.7. The quantitative estimate of drug-likeness (QED) is 0.189. The predicted molar refractivity (Wildman–Crippen MR) is 211 cm³/mol. The monoisotopic (exact) mass is 662 g/mol. The zero-order valence-corrected chi connectivity index (χ0v) is 28.1. The van der Waals surface area contributed by atoms with Crippen LogP contribution in [0, 0.1) is 0 Å². The van der Waals surface area contributed by atoms with E-state index in [1.165, 1.54) is 33.0 Å². The summed E-state index contributed by atoms with van der Waals surface area (Å²) < 4.78 is 6.68. The largest absolute Gasteiger partial charge is 0.457 e. The maximum Gasteiger partial charge on any atom is 0.160 e. The number of para-hydroxylation sites is 2.